The first-order valence-corrected chi connectivity index (χ1v) is 7.67. The van der Waals surface area contributed by atoms with Gasteiger partial charge in [-0.05, 0) is 31.0 Å². The molecule has 1 heterocycles. The Kier molecular flexibility index (Phi) is 4.24. The van der Waals surface area contributed by atoms with Gasteiger partial charge in [0.25, 0.3) is 5.91 Å². The molecule has 5 nitrogen and oxygen atoms in total. The van der Waals surface area contributed by atoms with E-state index in [0.717, 1.165) is 24.9 Å². The second-order valence-electron chi connectivity index (χ2n) is 5.96. The average Bonchev–Trinajstić information content (AvgIpc) is 3.19. The number of hydrogen-bond acceptors (Lipinski definition) is 3. The molecule has 1 aromatic carbocycles. The van der Waals surface area contributed by atoms with Gasteiger partial charge in [0.2, 0.25) is 0 Å². The number of hydrogen-bond donors (Lipinski definition) is 1. The molecule has 2 unspecified atom stereocenters. The van der Waals surface area contributed by atoms with Crippen LogP contribution < -0.4 is 0 Å². The zero-order valence-electron chi connectivity index (χ0n) is 12.7. The molecule has 1 aromatic heterocycles. The van der Waals surface area contributed by atoms with Crippen LogP contribution in [-0.4, -0.2) is 45.2 Å². The molecule has 0 saturated heterocycles. The molecule has 0 aliphatic heterocycles. The predicted octanol–water partition coefficient (Wildman–Crippen LogP) is 2.11. The number of amides is 1. The van der Waals surface area contributed by atoms with E-state index in [1.165, 1.54) is 0 Å². The summed E-state index contributed by atoms with van der Waals surface area (Å²) in [6.45, 7) is 0.606. The Morgan fingerprint density at radius 1 is 1.45 bits per heavy atom. The highest BCUT2D eigenvalue weighted by Gasteiger charge is 2.27. The van der Waals surface area contributed by atoms with Crippen molar-refractivity contribution in [3.05, 3.63) is 48.5 Å². The van der Waals surface area contributed by atoms with Gasteiger partial charge < -0.3 is 14.6 Å². The van der Waals surface area contributed by atoms with Crippen molar-refractivity contribution in [2.75, 3.05) is 13.6 Å². The lowest BCUT2D eigenvalue weighted by Gasteiger charge is -2.23. The molecule has 5 heteroatoms. The van der Waals surface area contributed by atoms with E-state index in [9.17, 15) is 9.90 Å². The quantitative estimate of drug-likeness (QED) is 0.940. The van der Waals surface area contributed by atoms with Crippen molar-refractivity contribution >= 4 is 5.91 Å². The molecule has 0 spiro atoms. The summed E-state index contributed by atoms with van der Waals surface area (Å²) >= 11 is 0. The average molecular weight is 299 g/mol. The molecule has 3 rings (SSSR count). The molecule has 1 amide bonds. The third-order valence-corrected chi connectivity index (χ3v) is 4.37. The largest absolute Gasteiger partial charge is 0.393 e. The van der Waals surface area contributed by atoms with Gasteiger partial charge in [-0.25, -0.2) is 4.98 Å². The van der Waals surface area contributed by atoms with Crippen molar-refractivity contribution in [2.24, 2.45) is 5.92 Å². The van der Waals surface area contributed by atoms with E-state index in [2.05, 4.69) is 4.98 Å². The van der Waals surface area contributed by atoms with Crippen molar-refractivity contribution in [1.82, 2.24) is 14.5 Å². The van der Waals surface area contributed by atoms with E-state index >= 15 is 0 Å². The highest BCUT2D eigenvalue weighted by atomic mass is 16.3. The lowest BCUT2D eigenvalue weighted by atomic mass is 10.1. The van der Waals surface area contributed by atoms with Crippen molar-refractivity contribution in [2.45, 2.75) is 25.4 Å². The Bertz CT molecular complexity index is 639. The number of carbonyl (C=O) groups excluding carboxylic acids is 1. The van der Waals surface area contributed by atoms with Crippen LogP contribution in [0.4, 0.5) is 0 Å². The minimum absolute atomic E-state index is 0.0129. The van der Waals surface area contributed by atoms with Crippen molar-refractivity contribution in [3.63, 3.8) is 0 Å². The maximum Gasteiger partial charge on any atom is 0.253 e. The summed E-state index contributed by atoms with van der Waals surface area (Å²) in [5.41, 5.74) is 1.57. The molecule has 2 aromatic rings. The third kappa shape index (κ3) is 3.04. The zero-order valence-corrected chi connectivity index (χ0v) is 12.7. The minimum Gasteiger partial charge on any atom is -0.393 e. The number of benzene rings is 1. The molecule has 22 heavy (non-hydrogen) atoms. The summed E-state index contributed by atoms with van der Waals surface area (Å²) in [5.74, 6) is 0.187. The van der Waals surface area contributed by atoms with E-state index in [-0.39, 0.29) is 17.9 Å². The minimum atomic E-state index is -0.271. The van der Waals surface area contributed by atoms with Crippen LogP contribution in [0.1, 0.15) is 29.6 Å². The van der Waals surface area contributed by atoms with Crippen LogP contribution in [-0.2, 0) is 0 Å². The molecule has 1 aliphatic rings. The Morgan fingerprint density at radius 3 is 3.00 bits per heavy atom. The van der Waals surface area contributed by atoms with Gasteiger partial charge in [0.05, 0.1) is 12.4 Å². The van der Waals surface area contributed by atoms with Crippen molar-refractivity contribution in [1.29, 1.82) is 0 Å². The van der Waals surface area contributed by atoms with E-state index in [1.807, 2.05) is 35.0 Å². The molecular formula is C17H21N3O2. The van der Waals surface area contributed by atoms with Crippen LogP contribution >= 0.6 is 0 Å². The summed E-state index contributed by atoms with van der Waals surface area (Å²) < 4.78 is 1.87. The van der Waals surface area contributed by atoms with Crippen LogP contribution in [0.15, 0.2) is 43.0 Å². The fourth-order valence-electron chi connectivity index (χ4n) is 3.10. The number of carbonyl (C=O) groups is 1. The molecule has 1 aliphatic carbocycles. The van der Waals surface area contributed by atoms with Gasteiger partial charge in [-0.2, -0.15) is 0 Å². The highest BCUT2D eigenvalue weighted by Crippen LogP contribution is 2.26. The number of aliphatic hydroxyl groups excluding tert-OH is 1. The smallest absolute Gasteiger partial charge is 0.253 e. The predicted molar refractivity (Wildman–Crippen MR) is 83.9 cm³/mol. The van der Waals surface area contributed by atoms with E-state index in [0.29, 0.717) is 12.1 Å². The van der Waals surface area contributed by atoms with E-state index in [1.54, 1.807) is 24.5 Å². The normalized spacial score (nSPS) is 21.0. The number of aliphatic hydroxyl groups is 1. The van der Waals surface area contributed by atoms with Crippen LogP contribution in [0.2, 0.25) is 0 Å². The fourth-order valence-corrected chi connectivity index (χ4v) is 3.10. The van der Waals surface area contributed by atoms with Crippen LogP contribution in [0.25, 0.3) is 5.69 Å². The Balaban J connectivity index is 1.73. The second kappa shape index (κ2) is 6.32. The molecule has 1 fully saturated rings. The Labute approximate surface area is 130 Å². The molecule has 2 atom stereocenters. The second-order valence-corrected chi connectivity index (χ2v) is 5.96. The topological polar surface area (TPSA) is 58.4 Å². The SMILES string of the molecule is CN(CC1CCCC1O)C(=O)c1cccc(-n2ccnc2)c1. The van der Waals surface area contributed by atoms with Crippen LogP contribution in [0.3, 0.4) is 0 Å². The van der Waals surface area contributed by atoms with Gasteiger partial charge in [-0.15, -0.1) is 0 Å². The monoisotopic (exact) mass is 299 g/mol. The Morgan fingerprint density at radius 2 is 2.32 bits per heavy atom. The maximum absolute atomic E-state index is 12.6. The fraction of sp³-hybridized carbons (Fsp3) is 0.412. The lowest BCUT2D eigenvalue weighted by Crippen LogP contribution is -2.34. The molecule has 1 saturated carbocycles. The van der Waals surface area contributed by atoms with Gasteiger partial charge in [0.1, 0.15) is 0 Å². The summed E-state index contributed by atoms with van der Waals surface area (Å²) in [6.07, 6.45) is 7.89. The van der Waals surface area contributed by atoms with Crippen molar-refractivity contribution < 1.29 is 9.90 Å². The Hall–Kier alpha value is -2.14. The summed E-state index contributed by atoms with van der Waals surface area (Å²) in [6, 6.07) is 7.51. The van der Waals surface area contributed by atoms with Crippen molar-refractivity contribution in [3.8, 4) is 5.69 Å². The lowest BCUT2D eigenvalue weighted by molar-refractivity contribution is 0.0693. The molecular weight excluding hydrogens is 278 g/mol. The number of imidazole rings is 1. The maximum atomic E-state index is 12.6. The summed E-state index contributed by atoms with van der Waals surface area (Å²) in [4.78, 5) is 18.3. The van der Waals surface area contributed by atoms with Gasteiger partial charge in [-0.1, -0.05) is 12.5 Å². The number of aromatic nitrogens is 2. The first kappa shape index (κ1) is 14.8. The molecule has 0 bridgehead atoms. The zero-order chi connectivity index (χ0) is 15.5. The van der Waals surface area contributed by atoms with Crippen LogP contribution in [0.5, 0.6) is 0 Å². The first-order chi connectivity index (χ1) is 10.6. The van der Waals surface area contributed by atoms with Crippen LogP contribution in [0, 0.1) is 5.92 Å². The number of rotatable bonds is 4. The summed E-state index contributed by atoms with van der Waals surface area (Å²) in [5, 5.41) is 9.91. The number of nitrogens with zero attached hydrogens (tertiary/aromatic N) is 3. The molecule has 116 valence electrons. The standard InChI is InChI=1S/C17H21N3O2/c1-19(11-14-5-3-7-16(14)21)17(22)13-4-2-6-15(10-13)20-9-8-18-12-20/h2,4,6,8-10,12,14,16,21H,3,5,7,11H2,1H3. The highest BCUT2D eigenvalue weighted by molar-refractivity contribution is 5.94. The first-order valence-electron chi connectivity index (χ1n) is 7.67. The summed E-state index contributed by atoms with van der Waals surface area (Å²) in [7, 11) is 1.80. The van der Waals surface area contributed by atoms with Gasteiger partial charge >= 0.3 is 0 Å². The molecule has 0 radical (unpaired) electrons. The van der Waals surface area contributed by atoms with E-state index in [4.69, 9.17) is 0 Å². The van der Waals surface area contributed by atoms with Gasteiger partial charge in [0.15, 0.2) is 0 Å². The van der Waals surface area contributed by atoms with Gasteiger partial charge in [0, 0.05) is 43.2 Å². The third-order valence-electron chi connectivity index (χ3n) is 4.37. The van der Waals surface area contributed by atoms with Gasteiger partial charge in [-0.3, -0.25) is 4.79 Å². The molecule has 1 N–H and O–H groups in total. The van der Waals surface area contributed by atoms with E-state index < -0.39 is 0 Å².